The van der Waals surface area contributed by atoms with E-state index in [0.717, 1.165) is 28.5 Å². The number of sulfonamides is 1. The Morgan fingerprint density at radius 2 is 2.16 bits per heavy atom. The number of thiol groups is 1. The monoisotopic (exact) mass is 521 g/mol. The first kappa shape index (κ1) is 22.1. The van der Waals surface area contributed by atoms with Gasteiger partial charge in [0.15, 0.2) is 0 Å². The van der Waals surface area contributed by atoms with Crippen LogP contribution in [-0.2, 0) is 26.6 Å². The Labute approximate surface area is 176 Å². The standard InChI is InChI=1S/C14H18BrClNO3PS4/c1-3-4-7-24-21(22,23)12-8-11(18)17(25(12,19)20)10-6-5-9(2)14(16)13(10)15/h5-6,12H,3-4,7-8H2,1-2H3,(H,22,23). The number of rotatable bonds is 6. The van der Waals surface area contributed by atoms with Gasteiger partial charge in [0.25, 0.3) is 10.0 Å². The Morgan fingerprint density at radius 1 is 1.52 bits per heavy atom. The predicted molar refractivity (Wildman–Crippen MR) is 119 cm³/mol. The molecule has 2 atom stereocenters. The van der Waals surface area contributed by atoms with Crippen LogP contribution in [0.3, 0.4) is 0 Å². The zero-order valence-corrected chi connectivity index (χ0v) is 20.2. The molecule has 0 N–H and O–H groups in total. The summed E-state index contributed by atoms with van der Waals surface area (Å²) in [6.07, 6.45) is 1.79. The first-order valence-corrected chi connectivity index (χ1v) is 15.8. The van der Waals surface area contributed by atoms with Crippen molar-refractivity contribution in [2.24, 2.45) is 0 Å². The van der Waals surface area contributed by atoms with Gasteiger partial charge in [0, 0.05) is 0 Å². The number of nitrogens with zero attached hydrogens (tertiary/aromatic N) is 1. The van der Waals surface area contributed by atoms with Gasteiger partial charge in [0.05, 0.1) is 26.0 Å². The highest BCUT2D eigenvalue weighted by Crippen LogP contribution is 2.70. The number of unbranched alkanes of at least 4 members (excludes halogenated alkanes) is 1. The number of benzene rings is 1. The minimum atomic E-state index is -3.93. The van der Waals surface area contributed by atoms with E-state index in [9.17, 15) is 13.2 Å². The van der Waals surface area contributed by atoms with Crippen molar-refractivity contribution in [2.45, 2.75) is 38.1 Å². The van der Waals surface area contributed by atoms with E-state index in [4.69, 9.17) is 23.4 Å². The second-order valence-corrected chi connectivity index (χ2v) is 20.0. The van der Waals surface area contributed by atoms with Gasteiger partial charge in [0.2, 0.25) is 5.91 Å². The first-order valence-electron chi connectivity index (χ1n) is 7.52. The molecule has 1 aromatic rings. The molecule has 4 nitrogen and oxygen atoms in total. The predicted octanol–water partition coefficient (Wildman–Crippen LogP) is 5.58. The fourth-order valence-electron chi connectivity index (χ4n) is 2.37. The van der Waals surface area contributed by atoms with E-state index >= 15 is 0 Å². The molecule has 1 amide bonds. The first-order chi connectivity index (χ1) is 11.5. The quantitative estimate of drug-likeness (QED) is 0.300. The fourth-order valence-corrected chi connectivity index (χ4v) is 14.9. The van der Waals surface area contributed by atoms with Crippen LogP contribution in [0.1, 0.15) is 31.7 Å². The smallest absolute Gasteiger partial charge is 0.251 e. The summed E-state index contributed by atoms with van der Waals surface area (Å²) in [6.45, 7) is 3.86. The largest absolute Gasteiger partial charge is 0.273 e. The minimum absolute atomic E-state index is 0.139. The summed E-state index contributed by atoms with van der Waals surface area (Å²) in [4.78, 5) is 11.6. The fraction of sp³-hybridized carbons (Fsp3) is 0.500. The Kier molecular flexibility index (Phi) is 7.42. The van der Waals surface area contributed by atoms with Gasteiger partial charge in [-0.25, -0.2) is 12.7 Å². The van der Waals surface area contributed by atoms with Crippen LogP contribution in [0.25, 0.3) is 0 Å². The van der Waals surface area contributed by atoms with E-state index in [1.165, 1.54) is 11.4 Å². The van der Waals surface area contributed by atoms with E-state index in [1.807, 2.05) is 0 Å². The van der Waals surface area contributed by atoms with E-state index in [-0.39, 0.29) is 12.1 Å². The van der Waals surface area contributed by atoms with Crippen LogP contribution in [0.2, 0.25) is 5.02 Å². The average Bonchev–Trinajstić information content (AvgIpc) is 2.76. The summed E-state index contributed by atoms with van der Waals surface area (Å²) < 4.78 is 24.8. The summed E-state index contributed by atoms with van der Waals surface area (Å²) in [5.41, 5.74) is 1.01. The van der Waals surface area contributed by atoms with Crippen LogP contribution >= 0.6 is 55.6 Å². The molecule has 1 fully saturated rings. The van der Waals surface area contributed by atoms with Crippen molar-refractivity contribution >= 4 is 89.0 Å². The van der Waals surface area contributed by atoms with Crippen molar-refractivity contribution in [3.05, 3.63) is 27.2 Å². The molecule has 0 radical (unpaired) electrons. The maximum atomic E-state index is 13.1. The molecule has 1 saturated heterocycles. The molecular formula is C14H18BrClNO3PS4. The SMILES string of the molecule is CCCCSP(=S)(S)C1CC(=O)N(c2ccc(C)c(Cl)c2Br)S1(=O)=O. The van der Waals surface area contributed by atoms with Crippen LogP contribution in [0.15, 0.2) is 16.6 Å². The number of aryl methyl sites for hydroxylation is 1. The van der Waals surface area contributed by atoms with Gasteiger partial charge in [-0.2, -0.15) is 0 Å². The van der Waals surface area contributed by atoms with Crippen LogP contribution in [-0.4, -0.2) is 25.1 Å². The molecule has 25 heavy (non-hydrogen) atoms. The van der Waals surface area contributed by atoms with E-state index in [0.29, 0.717) is 9.50 Å². The summed E-state index contributed by atoms with van der Waals surface area (Å²) in [5, 5.41) is 0.381. The molecule has 1 aliphatic rings. The number of amides is 1. The number of hydrogen-bond donors (Lipinski definition) is 1. The third-order valence-electron chi connectivity index (χ3n) is 3.79. The topological polar surface area (TPSA) is 54.5 Å². The molecule has 2 unspecified atom stereocenters. The zero-order chi connectivity index (χ0) is 19.0. The lowest BCUT2D eigenvalue weighted by Gasteiger charge is -2.23. The van der Waals surface area contributed by atoms with E-state index < -0.39 is 25.4 Å². The van der Waals surface area contributed by atoms with Gasteiger partial charge in [-0.1, -0.05) is 42.8 Å². The van der Waals surface area contributed by atoms with E-state index in [2.05, 4.69) is 35.1 Å². The number of carbonyl (C=O) groups is 1. The van der Waals surface area contributed by atoms with Gasteiger partial charge in [0.1, 0.15) is 4.99 Å². The highest BCUT2D eigenvalue weighted by Gasteiger charge is 2.51. The third-order valence-corrected chi connectivity index (χ3v) is 17.8. The molecule has 0 aromatic heterocycles. The summed E-state index contributed by atoms with van der Waals surface area (Å²) >= 11 is 21.0. The lowest BCUT2D eigenvalue weighted by molar-refractivity contribution is -0.116. The van der Waals surface area contributed by atoms with E-state index in [1.54, 1.807) is 19.1 Å². The number of hydrogen-bond acceptors (Lipinski definition) is 5. The molecule has 0 bridgehead atoms. The molecule has 1 heterocycles. The Morgan fingerprint density at radius 3 is 2.76 bits per heavy atom. The molecular weight excluding hydrogens is 505 g/mol. The highest BCUT2D eigenvalue weighted by atomic mass is 79.9. The molecule has 2 rings (SSSR count). The van der Waals surface area contributed by atoms with Crippen molar-refractivity contribution < 1.29 is 13.2 Å². The molecule has 0 saturated carbocycles. The molecule has 140 valence electrons. The van der Waals surface area contributed by atoms with Gasteiger partial charge < -0.3 is 0 Å². The van der Waals surface area contributed by atoms with Crippen LogP contribution in [0, 0.1) is 6.92 Å². The number of anilines is 1. The molecule has 11 heteroatoms. The Bertz CT molecular complexity index is 849. The maximum Gasteiger partial charge on any atom is 0.251 e. The number of carbonyl (C=O) groups excluding carboxylic acids is 1. The Balaban J connectivity index is 2.43. The van der Waals surface area contributed by atoms with Crippen LogP contribution in [0.5, 0.6) is 0 Å². The Hall–Kier alpha value is 0.760. The second kappa shape index (κ2) is 8.41. The van der Waals surface area contributed by atoms with Gasteiger partial charge in [-0.05, 0) is 46.7 Å². The summed E-state index contributed by atoms with van der Waals surface area (Å²) in [7, 11) is -3.93. The van der Waals surface area contributed by atoms with Gasteiger partial charge in [-0.3, -0.25) is 4.79 Å². The van der Waals surface area contributed by atoms with Crippen molar-refractivity contribution in [2.75, 3.05) is 10.1 Å². The van der Waals surface area contributed by atoms with Crippen LogP contribution < -0.4 is 4.31 Å². The normalized spacial score (nSPS) is 22.2. The lowest BCUT2D eigenvalue weighted by Crippen LogP contribution is -2.31. The highest BCUT2D eigenvalue weighted by molar-refractivity contribution is 9.10. The molecule has 0 aliphatic carbocycles. The molecule has 1 aromatic carbocycles. The zero-order valence-electron chi connectivity index (χ0n) is 13.6. The number of halogens is 2. The summed E-state index contributed by atoms with van der Waals surface area (Å²) in [6, 6.07) is 3.26. The molecule has 1 aliphatic heterocycles. The van der Waals surface area contributed by atoms with Crippen molar-refractivity contribution in [3.63, 3.8) is 0 Å². The third kappa shape index (κ3) is 4.44. The summed E-state index contributed by atoms with van der Waals surface area (Å²) in [5.74, 6) is 0.252. The van der Waals surface area contributed by atoms with Crippen molar-refractivity contribution in [3.8, 4) is 0 Å². The van der Waals surface area contributed by atoms with Crippen molar-refractivity contribution in [1.82, 2.24) is 0 Å². The van der Waals surface area contributed by atoms with Gasteiger partial charge >= 0.3 is 0 Å². The van der Waals surface area contributed by atoms with Gasteiger partial charge in [-0.15, -0.1) is 23.6 Å². The average molecular weight is 523 g/mol. The van der Waals surface area contributed by atoms with Crippen LogP contribution in [0.4, 0.5) is 5.69 Å². The maximum absolute atomic E-state index is 13.1. The molecule has 0 spiro atoms. The second-order valence-electron chi connectivity index (χ2n) is 5.64. The lowest BCUT2D eigenvalue weighted by atomic mass is 10.2. The minimum Gasteiger partial charge on any atom is -0.273 e. The van der Waals surface area contributed by atoms with Crippen molar-refractivity contribution in [1.29, 1.82) is 0 Å².